The highest BCUT2D eigenvalue weighted by Gasteiger charge is 2.47. The number of piperidine rings is 1. The lowest BCUT2D eigenvalue weighted by Crippen LogP contribution is -2.54. The predicted octanol–water partition coefficient (Wildman–Crippen LogP) is 2.14. The van der Waals surface area contributed by atoms with E-state index in [1.165, 1.54) is 0 Å². The minimum Gasteiger partial charge on any atom is -0.380 e. The lowest BCUT2D eigenvalue weighted by atomic mass is 9.84. The molecule has 3 aliphatic heterocycles. The Balaban J connectivity index is 1.46. The summed E-state index contributed by atoms with van der Waals surface area (Å²) in [5.41, 5.74) is 2.08. The monoisotopic (exact) mass is 329 g/mol. The van der Waals surface area contributed by atoms with Crippen LogP contribution in [-0.4, -0.2) is 58.6 Å². The van der Waals surface area contributed by atoms with Gasteiger partial charge in [-0.25, -0.2) is 0 Å². The Kier molecular flexibility index (Phi) is 4.31. The normalized spacial score (nSPS) is 27.3. The number of hydrogen-bond donors (Lipinski definition) is 0. The van der Waals surface area contributed by atoms with Gasteiger partial charge in [0.2, 0.25) is 5.91 Å². The van der Waals surface area contributed by atoms with Gasteiger partial charge in [-0.15, -0.1) is 0 Å². The van der Waals surface area contributed by atoms with Gasteiger partial charge in [-0.1, -0.05) is 6.07 Å². The molecule has 5 nitrogen and oxygen atoms in total. The molecular formula is C19H27N3O2. The Morgan fingerprint density at radius 2 is 2.12 bits per heavy atom. The van der Waals surface area contributed by atoms with E-state index in [4.69, 9.17) is 4.74 Å². The van der Waals surface area contributed by atoms with E-state index in [1.807, 2.05) is 25.1 Å². The molecule has 1 aromatic heterocycles. The summed E-state index contributed by atoms with van der Waals surface area (Å²) in [6.07, 6.45) is 5.02. The van der Waals surface area contributed by atoms with Crippen molar-refractivity contribution < 1.29 is 9.53 Å². The molecule has 3 fully saturated rings. The van der Waals surface area contributed by atoms with Crippen LogP contribution in [0.25, 0.3) is 0 Å². The Bertz CT molecular complexity index is 604. The topological polar surface area (TPSA) is 45.7 Å². The molecule has 4 heterocycles. The van der Waals surface area contributed by atoms with Crippen molar-refractivity contribution in [3.8, 4) is 0 Å². The molecule has 0 aromatic carbocycles. The fourth-order valence-electron chi connectivity index (χ4n) is 4.61. The minimum absolute atomic E-state index is 0.0540. The van der Waals surface area contributed by atoms with Crippen LogP contribution in [0.2, 0.25) is 0 Å². The standard InChI is InChI=1S/C19H27N3O2/c1-15-3-2-4-16(20-15)13-22-18(23)5-7-19(22)8-10-21(11-9-19)17-6-12-24-14-17/h2-4,17H,5-14H2,1H3/t17-/m0/s1. The molecule has 1 spiro atoms. The molecule has 1 amide bonds. The van der Waals surface area contributed by atoms with Crippen molar-refractivity contribution in [1.29, 1.82) is 0 Å². The van der Waals surface area contributed by atoms with E-state index in [0.717, 1.165) is 63.4 Å². The van der Waals surface area contributed by atoms with Crippen molar-refractivity contribution in [2.24, 2.45) is 0 Å². The third-order valence-electron chi connectivity index (χ3n) is 6.09. The molecule has 0 radical (unpaired) electrons. The van der Waals surface area contributed by atoms with Crippen LogP contribution in [-0.2, 0) is 16.1 Å². The summed E-state index contributed by atoms with van der Waals surface area (Å²) in [4.78, 5) is 21.9. The average Bonchev–Trinajstić information content (AvgIpc) is 3.21. The van der Waals surface area contributed by atoms with Gasteiger partial charge in [0.25, 0.3) is 0 Å². The highest BCUT2D eigenvalue weighted by atomic mass is 16.5. The number of aromatic nitrogens is 1. The first-order valence-electron chi connectivity index (χ1n) is 9.21. The second kappa shape index (κ2) is 6.45. The maximum atomic E-state index is 12.5. The molecule has 5 heteroatoms. The first-order chi connectivity index (χ1) is 11.7. The molecule has 0 aliphatic carbocycles. The molecule has 1 atom stereocenters. The van der Waals surface area contributed by atoms with Crippen molar-refractivity contribution in [2.75, 3.05) is 26.3 Å². The number of likely N-dealkylation sites (tertiary alicyclic amines) is 2. The molecule has 0 N–H and O–H groups in total. The van der Waals surface area contributed by atoms with Crippen molar-refractivity contribution in [1.82, 2.24) is 14.8 Å². The number of pyridine rings is 1. The molecule has 24 heavy (non-hydrogen) atoms. The first-order valence-corrected chi connectivity index (χ1v) is 9.21. The first kappa shape index (κ1) is 16.0. The number of carbonyl (C=O) groups is 1. The minimum atomic E-state index is 0.0540. The average molecular weight is 329 g/mol. The zero-order chi connectivity index (χ0) is 16.6. The van der Waals surface area contributed by atoms with E-state index in [-0.39, 0.29) is 5.54 Å². The summed E-state index contributed by atoms with van der Waals surface area (Å²) in [5, 5.41) is 0. The van der Waals surface area contributed by atoms with Crippen LogP contribution in [0.3, 0.4) is 0 Å². The van der Waals surface area contributed by atoms with E-state index in [0.29, 0.717) is 24.9 Å². The Hall–Kier alpha value is -1.46. The number of ether oxygens (including phenoxy) is 1. The van der Waals surface area contributed by atoms with Gasteiger partial charge in [-0.3, -0.25) is 14.7 Å². The van der Waals surface area contributed by atoms with Gasteiger partial charge in [0.15, 0.2) is 0 Å². The van der Waals surface area contributed by atoms with Gasteiger partial charge in [-0.05, 0) is 44.7 Å². The van der Waals surface area contributed by atoms with Crippen LogP contribution in [0, 0.1) is 6.92 Å². The van der Waals surface area contributed by atoms with Crippen LogP contribution in [0.15, 0.2) is 18.2 Å². The van der Waals surface area contributed by atoms with Gasteiger partial charge >= 0.3 is 0 Å². The van der Waals surface area contributed by atoms with Crippen molar-refractivity contribution >= 4 is 5.91 Å². The molecule has 0 saturated carbocycles. The molecular weight excluding hydrogens is 302 g/mol. The molecule has 4 rings (SSSR count). The summed E-state index contributed by atoms with van der Waals surface area (Å²) < 4.78 is 5.54. The Labute approximate surface area is 144 Å². The van der Waals surface area contributed by atoms with Crippen LogP contribution < -0.4 is 0 Å². The fraction of sp³-hybridized carbons (Fsp3) is 0.684. The molecule has 0 bridgehead atoms. The Morgan fingerprint density at radius 1 is 1.29 bits per heavy atom. The SMILES string of the molecule is Cc1cccc(CN2C(=O)CCC23CCN([C@H]2CCOC2)CC3)n1. The van der Waals surface area contributed by atoms with Gasteiger partial charge in [0, 0.05) is 43.4 Å². The second-order valence-electron chi connectivity index (χ2n) is 7.53. The summed E-state index contributed by atoms with van der Waals surface area (Å²) in [5.74, 6) is 0.302. The smallest absolute Gasteiger partial charge is 0.223 e. The molecule has 3 saturated heterocycles. The van der Waals surface area contributed by atoms with Gasteiger partial charge < -0.3 is 9.64 Å². The van der Waals surface area contributed by atoms with Crippen molar-refractivity contribution in [3.63, 3.8) is 0 Å². The van der Waals surface area contributed by atoms with Crippen LogP contribution in [0.4, 0.5) is 0 Å². The molecule has 1 aromatic rings. The molecule has 0 unspecified atom stereocenters. The van der Waals surface area contributed by atoms with Crippen LogP contribution >= 0.6 is 0 Å². The summed E-state index contributed by atoms with van der Waals surface area (Å²) in [7, 11) is 0. The number of carbonyl (C=O) groups excluding carboxylic acids is 1. The largest absolute Gasteiger partial charge is 0.380 e. The quantitative estimate of drug-likeness (QED) is 0.852. The third kappa shape index (κ3) is 2.95. The number of amides is 1. The number of aryl methyl sites for hydroxylation is 1. The maximum absolute atomic E-state index is 12.5. The lowest BCUT2D eigenvalue weighted by Gasteiger charge is -2.46. The predicted molar refractivity (Wildman–Crippen MR) is 91.5 cm³/mol. The number of nitrogens with zero attached hydrogens (tertiary/aromatic N) is 3. The molecule has 3 aliphatic rings. The van der Waals surface area contributed by atoms with E-state index < -0.39 is 0 Å². The summed E-state index contributed by atoms with van der Waals surface area (Å²) in [6, 6.07) is 6.67. The fourth-order valence-corrected chi connectivity index (χ4v) is 4.61. The highest BCUT2D eigenvalue weighted by Crippen LogP contribution is 2.40. The van der Waals surface area contributed by atoms with Gasteiger partial charge in [0.1, 0.15) is 0 Å². The Morgan fingerprint density at radius 3 is 2.83 bits per heavy atom. The summed E-state index contributed by atoms with van der Waals surface area (Å²) >= 11 is 0. The van der Waals surface area contributed by atoms with Crippen LogP contribution in [0.5, 0.6) is 0 Å². The second-order valence-corrected chi connectivity index (χ2v) is 7.53. The third-order valence-corrected chi connectivity index (χ3v) is 6.09. The van der Waals surface area contributed by atoms with E-state index in [9.17, 15) is 4.79 Å². The van der Waals surface area contributed by atoms with Crippen molar-refractivity contribution in [2.45, 2.75) is 57.2 Å². The van der Waals surface area contributed by atoms with Crippen molar-refractivity contribution in [3.05, 3.63) is 29.6 Å². The van der Waals surface area contributed by atoms with Crippen LogP contribution in [0.1, 0.15) is 43.5 Å². The van der Waals surface area contributed by atoms with Gasteiger partial charge in [-0.2, -0.15) is 0 Å². The zero-order valence-corrected chi connectivity index (χ0v) is 14.5. The highest BCUT2D eigenvalue weighted by molar-refractivity contribution is 5.79. The number of rotatable bonds is 3. The van der Waals surface area contributed by atoms with E-state index in [1.54, 1.807) is 0 Å². The number of hydrogen-bond acceptors (Lipinski definition) is 4. The van der Waals surface area contributed by atoms with E-state index in [2.05, 4.69) is 14.8 Å². The lowest BCUT2D eigenvalue weighted by molar-refractivity contribution is -0.133. The maximum Gasteiger partial charge on any atom is 0.223 e. The zero-order valence-electron chi connectivity index (χ0n) is 14.5. The van der Waals surface area contributed by atoms with Gasteiger partial charge in [0.05, 0.1) is 18.8 Å². The van der Waals surface area contributed by atoms with E-state index >= 15 is 0 Å². The summed E-state index contributed by atoms with van der Waals surface area (Å²) in [6.45, 7) is 6.61. The molecule has 130 valence electrons.